The smallest absolute Gasteiger partial charge is 0.339 e. The van der Waals surface area contributed by atoms with Crippen LogP contribution in [0, 0.1) is 3.57 Å². The number of pyridine rings is 1. The van der Waals surface area contributed by atoms with Crippen molar-refractivity contribution >= 4 is 44.5 Å². The molecule has 0 aliphatic carbocycles. The van der Waals surface area contributed by atoms with E-state index < -0.39 is 5.97 Å². The molecule has 4 nitrogen and oxygen atoms in total. The molecule has 2 rings (SSSR count). The van der Waals surface area contributed by atoms with Gasteiger partial charge in [0.1, 0.15) is 17.1 Å². The molecule has 0 saturated heterocycles. The SMILES string of the molecule is O=C(O)c1cc(I)ccc1Oc1ccncc1Br. The van der Waals surface area contributed by atoms with E-state index >= 15 is 0 Å². The van der Waals surface area contributed by atoms with Crippen molar-refractivity contribution in [3.63, 3.8) is 0 Å². The lowest BCUT2D eigenvalue weighted by molar-refractivity contribution is 0.0694. The minimum Gasteiger partial charge on any atom is -0.478 e. The Kier molecular flexibility index (Phi) is 4.18. The molecule has 1 aromatic carbocycles. The summed E-state index contributed by atoms with van der Waals surface area (Å²) in [5, 5.41) is 9.13. The molecule has 0 aliphatic heterocycles. The van der Waals surface area contributed by atoms with Gasteiger partial charge in [-0.25, -0.2) is 4.79 Å². The average molecular weight is 420 g/mol. The fraction of sp³-hybridized carbons (Fsp3) is 0. The first kappa shape index (κ1) is 13.3. The zero-order chi connectivity index (χ0) is 13.1. The topological polar surface area (TPSA) is 59.4 Å². The normalized spacial score (nSPS) is 10.1. The zero-order valence-corrected chi connectivity index (χ0v) is 12.7. The maximum Gasteiger partial charge on any atom is 0.339 e. The van der Waals surface area contributed by atoms with Crippen molar-refractivity contribution < 1.29 is 14.6 Å². The van der Waals surface area contributed by atoms with Crippen LogP contribution in [0.4, 0.5) is 0 Å². The number of ether oxygens (including phenoxy) is 1. The van der Waals surface area contributed by atoms with Crippen molar-refractivity contribution in [2.75, 3.05) is 0 Å². The summed E-state index contributed by atoms with van der Waals surface area (Å²) in [6.45, 7) is 0. The summed E-state index contributed by atoms with van der Waals surface area (Å²) in [5.74, 6) is -0.197. The lowest BCUT2D eigenvalue weighted by Gasteiger charge is -2.10. The van der Waals surface area contributed by atoms with E-state index in [2.05, 4.69) is 43.5 Å². The molecule has 0 spiro atoms. The van der Waals surface area contributed by atoms with Gasteiger partial charge in [-0.05, 0) is 56.7 Å². The summed E-state index contributed by atoms with van der Waals surface area (Å²) in [7, 11) is 0. The molecule has 0 bridgehead atoms. The van der Waals surface area contributed by atoms with Crippen molar-refractivity contribution in [1.82, 2.24) is 4.98 Å². The highest BCUT2D eigenvalue weighted by Gasteiger charge is 2.13. The fourth-order valence-electron chi connectivity index (χ4n) is 1.32. The number of carboxylic acids is 1. The average Bonchev–Trinajstić information content (AvgIpc) is 2.34. The molecular weight excluding hydrogens is 413 g/mol. The van der Waals surface area contributed by atoms with Gasteiger partial charge < -0.3 is 9.84 Å². The third kappa shape index (κ3) is 2.99. The van der Waals surface area contributed by atoms with E-state index in [1.165, 1.54) is 0 Å². The zero-order valence-electron chi connectivity index (χ0n) is 8.93. The number of benzene rings is 1. The van der Waals surface area contributed by atoms with Crippen LogP contribution in [0.2, 0.25) is 0 Å². The molecule has 92 valence electrons. The molecular formula is C12H7BrINO3. The maximum absolute atomic E-state index is 11.1. The predicted molar refractivity (Wildman–Crippen MR) is 78.1 cm³/mol. The van der Waals surface area contributed by atoms with Gasteiger partial charge in [0.25, 0.3) is 0 Å². The number of hydrogen-bond acceptors (Lipinski definition) is 3. The monoisotopic (exact) mass is 419 g/mol. The van der Waals surface area contributed by atoms with E-state index in [9.17, 15) is 4.79 Å². The van der Waals surface area contributed by atoms with E-state index in [0.717, 1.165) is 3.57 Å². The third-order valence-electron chi connectivity index (χ3n) is 2.13. The highest BCUT2D eigenvalue weighted by atomic mass is 127. The molecule has 1 heterocycles. The molecule has 18 heavy (non-hydrogen) atoms. The van der Waals surface area contributed by atoms with Gasteiger partial charge in [0.2, 0.25) is 0 Å². The summed E-state index contributed by atoms with van der Waals surface area (Å²) < 4.78 is 7.09. The molecule has 6 heteroatoms. The minimum absolute atomic E-state index is 0.130. The van der Waals surface area contributed by atoms with Crippen LogP contribution in [0.3, 0.4) is 0 Å². The second kappa shape index (κ2) is 5.66. The van der Waals surface area contributed by atoms with Crippen molar-refractivity contribution in [2.45, 2.75) is 0 Å². The van der Waals surface area contributed by atoms with Gasteiger partial charge >= 0.3 is 5.97 Å². The van der Waals surface area contributed by atoms with Crippen LogP contribution < -0.4 is 4.74 Å². The second-order valence-electron chi connectivity index (χ2n) is 3.35. The summed E-state index contributed by atoms with van der Waals surface area (Å²) in [6.07, 6.45) is 3.16. The lowest BCUT2D eigenvalue weighted by atomic mass is 10.2. The minimum atomic E-state index is -1.02. The first-order valence-corrected chi connectivity index (χ1v) is 6.75. The second-order valence-corrected chi connectivity index (χ2v) is 5.45. The number of carbonyl (C=O) groups is 1. The number of carboxylic acid groups (broad SMARTS) is 1. The van der Waals surface area contributed by atoms with Gasteiger partial charge in [0.15, 0.2) is 0 Å². The Morgan fingerprint density at radius 2 is 2.11 bits per heavy atom. The Bertz CT molecular complexity index is 604. The number of aromatic carboxylic acids is 1. The van der Waals surface area contributed by atoms with Crippen molar-refractivity contribution in [2.24, 2.45) is 0 Å². The van der Waals surface area contributed by atoms with Crippen LogP contribution in [0.1, 0.15) is 10.4 Å². The molecule has 1 aromatic heterocycles. The Morgan fingerprint density at radius 3 is 2.78 bits per heavy atom. The summed E-state index contributed by atoms with van der Waals surface area (Å²) >= 11 is 5.35. The molecule has 0 radical (unpaired) electrons. The Morgan fingerprint density at radius 1 is 1.33 bits per heavy atom. The standard InChI is InChI=1S/C12H7BrINO3/c13-9-6-15-4-3-11(9)18-10-2-1-7(14)5-8(10)12(16)17/h1-6H,(H,16,17). The Labute approximate surface area is 125 Å². The van der Waals surface area contributed by atoms with Crippen molar-refractivity contribution in [1.29, 1.82) is 0 Å². The largest absolute Gasteiger partial charge is 0.478 e. The van der Waals surface area contributed by atoms with Crippen LogP contribution >= 0.6 is 38.5 Å². The highest BCUT2D eigenvalue weighted by Crippen LogP contribution is 2.31. The maximum atomic E-state index is 11.1. The first-order chi connectivity index (χ1) is 8.58. The van der Waals surface area contributed by atoms with Crippen molar-refractivity contribution in [3.05, 3.63) is 50.3 Å². The molecule has 1 N–H and O–H groups in total. The van der Waals surface area contributed by atoms with Crippen LogP contribution in [0.15, 0.2) is 41.1 Å². The number of hydrogen-bond donors (Lipinski definition) is 1. The molecule has 0 unspecified atom stereocenters. The Balaban J connectivity index is 2.41. The summed E-state index contributed by atoms with van der Waals surface area (Å²) in [5.41, 5.74) is 0.130. The van der Waals surface area contributed by atoms with Gasteiger partial charge in [-0.3, -0.25) is 4.98 Å². The van der Waals surface area contributed by atoms with E-state index in [1.54, 1.807) is 36.7 Å². The van der Waals surface area contributed by atoms with Crippen molar-refractivity contribution in [3.8, 4) is 11.5 Å². The van der Waals surface area contributed by atoms with E-state index in [1.807, 2.05) is 0 Å². The van der Waals surface area contributed by atoms with Gasteiger partial charge in [-0.2, -0.15) is 0 Å². The van der Waals surface area contributed by atoms with Crippen LogP contribution in [-0.4, -0.2) is 16.1 Å². The number of rotatable bonds is 3. The van der Waals surface area contributed by atoms with Gasteiger partial charge in [-0.15, -0.1) is 0 Å². The molecule has 0 saturated carbocycles. The van der Waals surface area contributed by atoms with Gasteiger partial charge in [0.05, 0.1) is 4.47 Å². The summed E-state index contributed by atoms with van der Waals surface area (Å²) in [4.78, 5) is 15.1. The van der Waals surface area contributed by atoms with Crippen LogP contribution in [-0.2, 0) is 0 Å². The number of nitrogens with zero attached hydrogens (tertiary/aromatic N) is 1. The molecule has 0 atom stereocenters. The van der Waals surface area contributed by atoms with Crippen LogP contribution in [0.5, 0.6) is 11.5 Å². The third-order valence-corrected chi connectivity index (χ3v) is 3.39. The fourth-order valence-corrected chi connectivity index (χ4v) is 2.14. The van der Waals surface area contributed by atoms with Crippen LogP contribution in [0.25, 0.3) is 0 Å². The summed E-state index contributed by atoms with van der Waals surface area (Å²) in [6, 6.07) is 6.65. The lowest BCUT2D eigenvalue weighted by Crippen LogP contribution is -2.00. The molecule has 2 aromatic rings. The Hall–Kier alpha value is -1.15. The van der Waals surface area contributed by atoms with E-state index in [0.29, 0.717) is 16.0 Å². The quantitative estimate of drug-likeness (QED) is 0.765. The predicted octanol–water partition coefficient (Wildman–Crippen LogP) is 3.94. The first-order valence-electron chi connectivity index (χ1n) is 4.88. The molecule has 0 aliphatic rings. The molecule has 0 amide bonds. The van der Waals surface area contributed by atoms with Gasteiger partial charge in [-0.1, -0.05) is 0 Å². The van der Waals surface area contributed by atoms with E-state index in [4.69, 9.17) is 9.84 Å². The number of aromatic nitrogens is 1. The molecule has 0 fully saturated rings. The highest BCUT2D eigenvalue weighted by molar-refractivity contribution is 14.1. The number of halogens is 2. The van der Waals surface area contributed by atoms with E-state index in [-0.39, 0.29) is 5.56 Å². The van der Waals surface area contributed by atoms with Gasteiger partial charge in [0, 0.05) is 22.0 Å².